The van der Waals surface area contributed by atoms with E-state index in [2.05, 4.69) is 29.6 Å². The monoisotopic (exact) mass is 287 g/mol. The first-order chi connectivity index (χ1) is 10.2. The van der Waals surface area contributed by atoms with Crippen molar-refractivity contribution in [3.05, 3.63) is 70.5 Å². The molecule has 0 bridgehead atoms. The Balaban J connectivity index is 2.24. The smallest absolute Gasteiger partial charge is 0.123 e. The molecule has 0 amide bonds. The number of nitrogens with one attached hydrogen (secondary N) is 1. The summed E-state index contributed by atoms with van der Waals surface area (Å²) < 4.78 is 18.3. The highest BCUT2D eigenvalue weighted by atomic mass is 19.1. The minimum absolute atomic E-state index is 0.0714. The number of hydrogen-bond donors (Lipinski definition) is 1. The van der Waals surface area contributed by atoms with E-state index >= 15 is 0 Å². The minimum Gasteiger partial charge on any atom is -0.384 e. The summed E-state index contributed by atoms with van der Waals surface area (Å²) in [6, 6.07) is 13.5. The zero-order valence-corrected chi connectivity index (χ0v) is 12.8. The zero-order valence-electron chi connectivity index (χ0n) is 12.8. The molecule has 0 saturated heterocycles. The van der Waals surface area contributed by atoms with Crippen LogP contribution >= 0.6 is 0 Å². The molecule has 2 rings (SSSR count). The third-order valence-corrected chi connectivity index (χ3v) is 3.74. The summed E-state index contributed by atoms with van der Waals surface area (Å²) in [6.07, 6.45) is 0.913. The standard InChI is InChI=1S/C18H22FNO/c1-13-12-16(19)8-9-17(13)18(20-2)15-6-4-14(5-7-15)10-11-21-3/h4-9,12,18,20H,10-11H2,1-3H3. The summed E-state index contributed by atoms with van der Waals surface area (Å²) in [4.78, 5) is 0. The van der Waals surface area contributed by atoms with E-state index in [1.807, 2.05) is 20.0 Å². The van der Waals surface area contributed by atoms with E-state index in [-0.39, 0.29) is 11.9 Å². The lowest BCUT2D eigenvalue weighted by molar-refractivity contribution is 0.202. The highest BCUT2D eigenvalue weighted by molar-refractivity contribution is 5.38. The van der Waals surface area contributed by atoms with Crippen LogP contribution in [0.1, 0.15) is 28.3 Å². The molecule has 1 unspecified atom stereocenters. The molecule has 1 atom stereocenters. The molecule has 0 heterocycles. The molecule has 2 aromatic carbocycles. The molecule has 0 radical (unpaired) electrons. The molecule has 0 spiro atoms. The molecular formula is C18H22FNO. The van der Waals surface area contributed by atoms with Gasteiger partial charge in [-0.1, -0.05) is 30.3 Å². The van der Waals surface area contributed by atoms with E-state index in [1.54, 1.807) is 13.2 Å². The van der Waals surface area contributed by atoms with Crippen LogP contribution in [0.3, 0.4) is 0 Å². The fourth-order valence-corrected chi connectivity index (χ4v) is 2.56. The molecule has 2 nitrogen and oxygen atoms in total. The Morgan fingerprint density at radius 3 is 2.43 bits per heavy atom. The summed E-state index contributed by atoms with van der Waals surface area (Å²) in [6.45, 7) is 2.67. The second-order valence-electron chi connectivity index (χ2n) is 5.21. The SMILES string of the molecule is CNC(c1ccc(CCOC)cc1)c1ccc(F)cc1C. The molecule has 21 heavy (non-hydrogen) atoms. The van der Waals surface area contributed by atoms with Gasteiger partial charge in [-0.15, -0.1) is 0 Å². The predicted octanol–water partition coefficient (Wildman–Crippen LogP) is 3.63. The van der Waals surface area contributed by atoms with E-state index in [9.17, 15) is 4.39 Å². The summed E-state index contributed by atoms with van der Waals surface area (Å²) in [5.41, 5.74) is 4.49. The summed E-state index contributed by atoms with van der Waals surface area (Å²) in [7, 11) is 3.63. The number of methoxy groups -OCH3 is 1. The van der Waals surface area contributed by atoms with E-state index < -0.39 is 0 Å². The maximum absolute atomic E-state index is 13.3. The van der Waals surface area contributed by atoms with Gasteiger partial charge in [0.05, 0.1) is 12.6 Å². The van der Waals surface area contributed by atoms with E-state index in [0.717, 1.165) is 24.2 Å². The molecule has 0 saturated carbocycles. The third kappa shape index (κ3) is 3.90. The van der Waals surface area contributed by atoms with Crippen LogP contribution in [0.15, 0.2) is 42.5 Å². The van der Waals surface area contributed by atoms with Gasteiger partial charge in [0.1, 0.15) is 5.82 Å². The molecule has 0 aliphatic heterocycles. The predicted molar refractivity (Wildman–Crippen MR) is 84.1 cm³/mol. The van der Waals surface area contributed by atoms with Crippen LogP contribution in [0.2, 0.25) is 0 Å². The maximum Gasteiger partial charge on any atom is 0.123 e. The van der Waals surface area contributed by atoms with Crippen molar-refractivity contribution in [2.75, 3.05) is 20.8 Å². The topological polar surface area (TPSA) is 21.3 Å². The summed E-state index contributed by atoms with van der Waals surface area (Å²) in [5.74, 6) is -0.194. The van der Waals surface area contributed by atoms with Gasteiger partial charge in [0.2, 0.25) is 0 Å². The number of hydrogen-bond acceptors (Lipinski definition) is 2. The lowest BCUT2D eigenvalue weighted by Crippen LogP contribution is -2.18. The minimum atomic E-state index is -0.194. The van der Waals surface area contributed by atoms with Crippen molar-refractivity contribution in [1.29, 1.82) is 0 Å². The van der Waals surface area contributed by atoms with Gasteiger partial charge in [-0.25, -0.2) is 4.39 Å². The van der Waals surface area contributed by atoms with Crippen molar-refractivity contribution in [1.82, 2.24) is 5.32 Å². The average molecular weight is 287 g/mol. The fraction of sp³-hybridized carbons (Fsp3) is 0.333. The van der Waals surface area contributed by atoms with Crippen LogP contribution in [-0.4, -0.2) is 20.8 Å². The first kappa shape index (κ1) is 15.7. The van der Waals surface area contributed by atoms with Crippen molar-refractivity contribution in [2.24, 2.45) is 0 Å². The van der Waals surface area contributed by atoms with Crippen molar-refractivity contribution >= 4 is 0 Å². The molecule has 0 aliphatic rings. The van der Waals surface area contributed by atoms with Gasteiger partial charge < -0.3 is 10.1 Å². The maximum atomic E-state index is 13.3. The molecule has 3 heteroatoms. The fourth-order valence-electron chi connectivity index (χ4n) is 2.56. The Bertz CT molecular complexity index is 580. The van der Waals surface area contributed by atoms with E-state index in [1.165, 1.54) is 17.2 Å². The number of benzene rings is 2. The van der Waals surface area contributed by atoms with Gasteiger partial charge in [-0.05, 0) is 54.8 Å². The molecule has 0 aliphatic carbocycles. The van der Waals surface area contributed by atoms with Crippen LogP contribution in [-0.2, 0) is 11.2 Å². The molecule has 112 valence electrons. The number of aryl methyl sites for hydroxylation is 1. The molecule has 1 N–H and O–H groups in total. The quantitative estimate of drug-likeness (QED) is 0.876. The van der Waals surface area contributed by atoms with Crippen molar-refractivity contribution in [2.45, 2.75) is 19.4 Å². The van der Waals surface area contributed by atoms with Crippen molar-refractivity contribution in [3.63, 3.8) is 0 Å². The first-order valence-corrected chi connectivity index (χ1v) is 7.16. The van der Waals surface area contributed by atoms with Gasteiger partial charge in [0, 0.05) is 7.11 Å². The molecule has 0 aromatic heterocycles. The van der Waals surface area contributed by atoms with Crippen LogP contribution in [0, 0.1) is 12.7 Å². The van der Waals surface area contributed by atoms with Gasteiger partial charge in [-0.2, -0.15) is 0 Å². The van der Waals surface area contributed by atoms with Crippen molar-refractivity contribution < 1.29 is 9.13 Å². The average Bonchev–Trinajstić information content (AvgIpc) is 2.49. The largest absolute Gasteiger partial charge is 0.384 e. The number of rotatable bonds is 6. The normalized spacial score (nSPS) is 12.4. The van der Waals surface area contributed by atoms with Gasteiger partial charge >= 0.3 is 0 Å². The second kappa shape index (κ2) is 7.34. The van der Waals surface area contributed by atoms with Crippen molar-refractivity contribution in [3.8, 4) is 0 Å². The highest BCUT2D eigenvalue weighted by Gasteiger charge is 2.14. The van der Waals surface area contributed by atoms with E-state index in [0.29, 0.717) is 0 Å². The summed E-state index contributed by atoms with van der Waals surface area (Å²) in [5, 5.41) is 3.31. The Morgan fingerprint density at radius 1 is 1.14 bits per heavy atom. The van der Waals surface area contributed by atoms with Gasteiger partial charge in [-0.3, -0.25) is 0 Å². The zero-order chi connectivity index (χ0) is 15.2. The first-order valence-electron chi connectivity index (χ1n) is 7.16. The van der Waals surface area contributed by atoms with Crippen LogP contribution < -0.4 is 5.32 Å². The van der Waals surface area contributed by atoms with E-state index in [4.69, 9.17) is 4.74 Å². The Labute approximate surface area is 126 Å². The Hall–Kier alpha value is -1.71. The molecule has 2 aromatic rings. The van der Waals surface area contributed by atoms with Crippen LogP contribution in [0.4, 0.5) is 4.39 Å². The highest BCUT2D eigenvalue weighted by Crippen LogP contribution is 2.25. The second-order valence-corrected chi connectivity index (χ2v) is 5.21. The Morgan fingerprint density at radius 2 is 1.86 bits per heavy atom. The lowest BCUT2D eigenvalue weighted by Gasteiger charge is -2.20. The van der Waals surface area contributed by atoms with Gasteiger partial charge in [0.25, 0.3) is 0 Å². The third-order valence-electron chi connectivity index (χ3n) is 3.74. The van der Waals surface area contributed by atoms with Crippen LogP contribution in [0.5, 0.6) is 0 Å². The Kier molecular flexibility index (Phi) is 5.48. The number of ether oxygens (including phenoxy) is 1. The van der Waals surface area contributed by atoms with Gasteiger partial charge in [0.15, 0.2) is 0 Å². The van der Waals surface area contributed by atoms with Crippen LogP contribution in [0.25, 0.3) is 0 Å². The summed E-state index contributed by atoms with van der Waals surface area (Å²) >= 11 is 0. The molecule has 0 fully saturated rings. The number of halogens is 1. The molecular weight excluding hydrogens is 265 g/mol. The lowest BCUT2D eigenvalue weighted by atomic mass is 9.94.